The van der Waals surface area contributed by atoms with Crippen molar-refractivity contribution in [2.24, 2.45) is 11.7 Å². The molecule has 0 saturated heterocycles. The summed E-state index contributed by atoms with van der Waals surface area (Å²) in [7, 11) is 0. The van der Waals surface area contributed by atoms with Gasteiger partial charge in [0.1, 0.15) is 6.07 Å². The lowest BCUT2D eigenvalue weighted by Crippen LogP contribution is -2.19. The topological polar surface area (TPSA) is 67.6 Å². The minimum atomic E-state index is -0.100. The van der Waals surface area contributed by atoms with E-state index in [1.807, 2.05) is 16.7 Å². The zero-order valence-electron chi connectivity index (χ0n) is 10.8. The average molecular weight is 275 g/mol. The van der Waals surface area contributed by atoms with E-state index < -0.39 is 0 Å². The Morgan fingerprint density at radius 1 is 1.42 bits per heavy atom. The van der Waals surface area contributed by atoms with Crippen LogP contribution < -0.4 is 5.73 Å². The lowest BCUT2D eigenvalue weighted by atomic mass is 10.0. The van der Waals surface area contributed by atoms with E-state index in [4.69, 9.17) is 22.6 Å². The van der Waals surface area contributed by atoms with E-state index in [0.29, 0.717) is 16.5 Å². The monoisotopic (exact) mass is 274 g/mol. The first-order chi connectivity index (χ1) is 9.04. The molecule has 19 heavy (non-hydrogen) atoms. The van der Waals surface area contributed by atoms with E-state index in [1.54, 1.807) is 24.7 Å². The van der Waals surface area contributed by atoms with Gasteiger partial charge in [0.05, 0.1) is 28.8 Å². The fourth-order valence-corrected chi connectivity index (χ4v) is 2.07. The van der Waals surface area contributed by atoms with Crippen LogP contribution in [0.1, 0.15) is 31.1 Å². The molecule has 0 aliphatic rings. The molecule has 1 aromatic heterocycles. The van der Waals surface area contributed by atoms with E-state index in [9.17, 15) is 0 Å². The number of hydrogen-bond acceptors (Lipinski definition) is 3. The molecule has 1 unspecified atom stereocenters. The molecule has 0 aliphatic carbocycles. The highest BCUT2D eigenvalue weighted by Gasteiger charge is 2.16. The lowest BCUT2D eigenvalue weighted by molar-refractivity contribution is 0.497. The zero-order valence-corrected chi connectivity index (χ0v) is 11.6. The Labute approximate surface area is 117 Å². The second-order valence-corrected chi connectivity index (χ2v) is 5.14. The van der Waals surface area contributed by atoms with Crippen LogP contribution in [-0.2, 0) is 0 Å². The number of nitriles is 1. The number of hydrogen-bond donors (Lipinski definition) is 1. The molecule has 0 bridgehead atoms. The second-order valence-electron chi connectivity index (χ2n) is 4.73. The Kier molecular flexibility index (Phi) is 3.89. The Morgan fingerprint density at radius 2 is 2.16 bits per heavy atom. The molecule has 4 nitrogen and oxygen atoms in total. The van der Waals surface area contributed by atoms with Crippen molar-refractivity contribution in [2.45, 2.75) is 19.9 Å². The van der Waals surface area contributed by atoms with Gasteiger partial charge in [-0.05, 0) is 24.1 Å². The first kappa shape index (κ1) is 13.6. The third-order valence-corrected chi connectivity index (χ3v) is 3.39. The molecule has 0 amide bonds. The molecule has 1 heterocycles. The summed E-state index contributed by atoms with van der Waals surface area (Å²) in [5.41, 5.74) is 8.41. The largest absolute Gasteiger partial charge is 0.322 e. The lowest BCUT2D eigenvalue weighted by Gasteiger charge is -2.18. The van der Waals surface area contributed by atoms with Crippen molar-refractivity contribution in [1.29, 1.82) is 5.26 Å². The molecule has 1 atom stereocenters. The Balaban J connectivity index is 2.46. The van der Waals surface area contributed by atoms with Crippen molar-refractivity contribution in [3.8, 4) is 11.8 Å². The summed E-state index contributed by atoms with van der Waals surface area (Å²) < 4.78 is 1.90. The van der Waals surface area contributed by atoms with Crippen LogP contribution in [0, 0.1) is 17.2 Å². The molecule has 2 rings (SSSR count). The zero-order chi connectivity index (χ0) is 14.0. The van der Waals surface area contributed by atoms with Gasteiger partial charge >= 0.3 is 0 Å². The number of rotatable bonds is 3. The Morgan fingerprint density at radius 3 is 2.74 bits per heavy atom. The van der Waals surface area contributed by atoms with Gasteiger partial charge in [-0.1, -0.05) is 25.4 Å². The third kappa shape index (κ3) is 2.62. The molecule has 5 heteroatoms. The first-order valence-corrected chi connectivity index (χ1v) is 6.40. The summed E-state index contributed by atoms with van der Waals surface area (Å²) in [6.07, 6.45) is 3.46. The Bertz CT molecular complexity index is 625. The van der Waals surface area contributed by atoms with E-state index in [-0.39, 0.29) is 6.04 Å². The van der Waals surface area contributed by atoms with E-state index in [1.165, 1.54) is 0 Å². The van der Waals surface area contributed by atoms with Crippen molar-refractivity contribution in [2.75, 3.05) is 0 Å². The number of imidazole rings is 1. The van der Waals surface area contributed by atoms with Crippen LogP contribution in [0.15, 0.2) is 30.7 Å². The third-order valence-electron chi connectivity index (χ3n) is 3.08. The van der Waals surface area contributed by atoms with Gasteiger partial charge in [-0.2, -0.15) is 5.26 Å². The van der Waals surface area contributed by atoms with Gasteiger partial charge in [0, 0.05) is 11.7 Å². The number of nitrogens with zero attached hydrogens (tertiary/aromatic N) is 3. The van der Waals surface area contributed by atoms with E-state index in [2.05, 4.69) is 18.8 Å². The summed E-state index contributed by atoms with van der Waals surface area (Å²) in [6.45, 7) is 4.13. The summed E-state index contributed by atoms with van der Waals surface area (Å²) in [6, 6.07) is 7.22. The normalized spacial score (nSPS) is 12.4. The highest BCUT2D eigenvalue weighted by molar-refractivity contribution is 6.31. The molecule has 0 saturated carbocycles. The van der Waals surface area contributed by atoms with Crippen molar-refractivity contribution in [3.63, 3.8) is 0 Å². The summed E-state index contributed by atoms with van der Waals surface area (Å²) in [5, 5.41) is 9.31. The standard InChI is InChI=1S/C14H15ClN4/c1-9(2)14(17)13-7-18-8-19(13)11-4-3-10(6-16)12(15)5-11/h3-5,7-9,14H,17H2,1-2H3. The highest BCUT2D eigenvalue weighted by Crippen LogP contribution is 2.24. The smallest absolute Gasteiger partial charge is 0.101 e. The van der Waals surface area contributed by atoms with Crippen LogP contribution >= 0.6 is 11.6 Å². The number of aromatic nitrogens is 2. The van der Waals surface area contributed by atoms with Crippen molar-refractivity contribution >= 4 is 11.6 Å². The Hall–Kier alpha value is -1.83. The molecule has 0 radical (unpaired) electrons. The SMILES string of the molecule is CC(C)C(N)c1cncn1-c1ccc(C#N)c(Cl)c1. The van der Waals surface area contributed by atoms with Crippen LogP contribution in [0.2, 0.25) is 5.02 Å². The molecule has 0 fully saturated rings. The highest BCUT2D eigenvalue weighted by atomic mass is 35.5. The van der Waals surface area contributed by atoms with Crippen LogP contribution in [0.5, 0.6) is 0 Å². The molecule has 0 spiro atoms. The van der Waals surface area contributed by atoms with E-state index >= 15 is 0 Å². The van der Waals surface area contributed by atoms with Gasteiger partial charge in [0.15, 0.2) is 0 Å². The van der Waals surface area contributed by atoms with Gasteiger partial charge in [-0.15, -0.1) is 0 Å². The molecular weight excluding hydrogens is 260 g/mol. The van der Waals surface area contributed by atoms with Gasteiger partial charge in [0.25, 0.3) is 0 Å². The fraction of sp³-hybridized carbons (Fsp3) is 0.286. The van der Waals surface area contributed by atoms with Crippen molar-refractivity contribution in [1.82, 2.24) is 9.55 Å². The second kappa shape index (κ2) is 5.43. The molecule has 1 aromatic carbocycles. The van der Waals surface area contributed by atoms with Gasteiger partial charge < -0.3 is 10.3 Å². The molecule has 98 valence electrons. The fourth-order valence-electron chi connectivity index (χ4n) is 1.85. The maximum atomic E-state index is 8.88. The van der Waals surface area contributed by atoms with Gasteiger partial charge in [-0.25, -0.2) is 4.98 Å². The van der Waals surface area contributed by atoms with Gasteiger partial charge in [-0.3, -0.25) is 0 Å². The van der Waals surface area contributed by atoms with Crippen LogP contribution in [-0.4, -0.2) is 9.55 Å². The minimum Gasteiger partial charge on any atom is -0.322 e. The number of benzene rings is 1. The average Bonchev–Trinajstić information content (AvgIpc) is 2.86. The van der Waals surface area contributed by atoms with E-state index in [0.717, 1.165) is 11.4 Å². The van der Waals surface area contributed by atoms with Crippen LogP contribution in [0.4, 0.5) is 0 Å². The maximum Gasteiger partial charge on any atom is 0.101 e. The molecule has 2 aromatic rings. The number of nitrogens with two attached hydrogens (primary N) is 1. The summed E-state index contributed by atoms with van der Waals surface area (Å²) >= 11 is 6.05. The van der Waals surface area contributed by atoms with Crippen LogP contribution in [0.3, 0.4) is 0 Å². The maximum absolute atomic E-state index is 8.88. The summed E-state index contributed by atoms with van der Waals surface area (Å²) in [5.74, 6) is 0.310. The number of halogens is 1. The molecule has 0 aliphatic heterocycles. The molecular formula is C14H15ClN4. The van der Waals surface area contributed by atoms with Crippen molar-refractivity contribution in [3.05, 3.63) is 47.0 Å². The predicted octanol–water partition coefficient (Wildman–Crippen LogP) is 3.05. The predicted molar refractivity (Wildman–Crippen MR) is 75.1 cm³/mol. The quantitative estimate of drug-likeness (QED) is 0.935. The minimum absolute atomic E-state index is 0.100. The van der Waals surface area contributed by atoms with Crippen molar-refractivity contribution < 1.29 is 0 Å². The summed E-state index contributed by atoms with van der Waals surface area (Å²) in [4.78, 5) is 4.15. The van der Waals surface area contributed by atoms with Crippen LogP contribution in [0.25, 0.3) is 5.69 Å². The molecule has 2 N–H and O–H groups in total. The van der Waals surface area contributed by atoms with Gasteiger partial charge in [0.2, 0.25) is 0 Å². The first-order valence-electron chi connectivity index (χ1n) is 6.02.